The molecule has 41 heavy (non-hydrogen) atoms. The molecule has 10 nitrogen and oxygen atoms in total. The SMILES string of the molecule is CCCCC(Oc1ccc(C(N)=NO)cc1)Oc1ccc(-c2nc(N(C)CCOC)sc2CN2CCOCC2)cc1. The van der Waals surface area contributed by atoms with E-state index in [0.29, 0.717) is 17.9 Å². The van der Waals surface area contributed by atoms with Crippen LogP contribution in [0.15, 0.2) is 53.7 Å². The summed E-state index contributed by atoms with van der Waals surface area (Å²) in [6.45, 7) is 7.76. The van der Waals surface area contributed by atoms with Crippen molar-refractivity contribution >= 4 is 22.3 Å². The van der Waals surface area contributed by atoms with Crippen LogP contribution in [0.25, 0.3) is 11.3 Å². The van der Waals surface area contributed by atoms with E-state index in [-0.39, 0.29) is 5.84 Å². The van der Waals surface area contributed by atoms with E-state index in [9.17, 15) is 0 Å². The van der Waals surface area contributed by atoms with Gasteiger partial charge in [-0.15, -0.1) is 0 Å². The average Bonchev–Trinajstić information content (AvgIpc) is 3.43. The lowest BCUT2D eigenvalue weighted by molar-refractivity contribution is -0.00211. The molecule has 1 fully saturated rings. The Labute approximate surface area is 246 Å². The molecule has 1 saturated heterocycles. The lowest BCUT2D eigenvalue weighted by Crippen LogP contribution is -2.35. The monoisotopic (exact) mass is 583 g/mol. The summed E-state index contributed by atoms with van der Waals surface area (Å²) in [6.07, 6.45) is 2.29. The Kier molecular flexibility index (Phi) is 11.6. The molecular formula is C30H41N5O5S. The van der Waals surface area contributed by atoms with Crippen LogP contribution in [0, 0.1) is 0 Å². The van der Waals surface area contributed by atoms with Gasteiger partial charge in [0.2, 0.25) is 6.29 Å². The van der Waals surface area contributed by atoms with Crippen LogP contribution in [0.2, 0.25) is 0 Å². The first kappa shape index (κ1) is 30.6. The standard InChI is InChI=1S/C30H41N5O5S/c1-4-5-6-27(40-25-13-9-23(10-14-25)29(31)33-36)39-24-11-7-22(8-12-24)28-26(21-35-16-19-38-20-17-35)41-30(32-28)34(2)15-18-37-3/h7-14,27,36H,4-6,15-21H2,1-3H3,(H2,31,33). The number of likely N-dealkylation sites (N-methyl/N-ethyl adjacent to an activating group) is 1. The van der Waals surface area contributed by atoms with Gasteiger partial charge in [-0.05, 0) is 55.0 Å². The number of hydrogen-bond acceptors (Lipinski definition) is 10. The smallest absolute Gasteiger partial charge is 0.241 e. The van der Waals surface area contributed by atoms with Crippen molar-refractivity contribution in [1.29, 1.82) is 0 Å². The second-order valence-corrected chi connectivity index (χ2v) is 11.0. The number of rotatable bonds is 15. The van der Waals surface area contributed by atoms with Gasteiger partial charge in [0.25, 0.3) is 0 Å². The molecule has 0 radical (unpaired) electrons. The summed E-state index contributed by atoms with van der Waals surface area (Å²) in [5.74, 6) is 1.43. The molecule has 1 aliphatic heterocycles. The summed E-state index contributed by atoms with van der Waals surface area (Å²) < 4.78 is 23.3. The van der Waals surface area contributed by atoms with Crippen LogP contribution < -0.4 is 20.1 Å². The molecule has 0 aliphatic carbocycles. The molecule has 1 aromatic heterocycles. The Morgan fingerprint density at radius 2 is 1.78 bits per heavy atom. The van der Waals surface area contributed by atoms with Gasteiger partial charge in [-0.2, -0.15) is 0 Å². The summed E-state index contributed by atoms with van der Waals surface area (Å²) in [5, 5.41) is 12.9. The van der Waals surface area contributed by atoms with Crippen LogP contribution in [-0.4, -0.2) is 80.8 Å². The largest absolute Gasteiger partial charge is 0.455 e. The molecule has 2 aromatic carbocycles. The predicted molar refractivity (Wildman–Crippen MR) is 162 cm³/mol. The normalized spacial score (nSPS) is 15.0. The number of aromatic nitrogens is 1. The summed E-state index contributed by atoms with van der Waals surface area (Å²) in [7, 11) is 3.77. The van der Waals surface area contributed by atoms with Gasteiger partial charge in [-0.1, -0.05) is 29.8 Å². The quantitative estimate of drug-likeness (QED) is 0.0856. The minimum absolute atomic E-state index is 0.0531. The fraction of sp³-hybridized carbons (Fsp3) is 0.467. The van der Waals surface area contributed by atoms with Gasteiger partial charge in [0.1, 0.15) is 11.5 Å². The van der Waals surface area contributed by atoms with Gasteiger partial charge in [-0.3, -0.25) is 4.90 Å². The Morgan fingerprint density at radius 3 is 2.39 bits per heavy atom. The fourth-order valence-electron chi connectivity index (χ4n) is 4.39. The van der Waals surface area contributed by atoms with Gasteiger partial charge < -0.3 is 34.8 Å². The zero-order valence-electron chi connectivity index (χ0n) is 24.1. The first-order chi connectivity index (χ1) is 20.0. The first-order valence-corrected chi connectivity index (χ1v) is 14.8. The first-order valence-electron chi connectivity index (χ1n) is 14.0. The number of oxime groups is 1. The molecular weight excluding hydrogens is 542 g/mol. The molecule has 0 bridgehead atoms. The highest BCUT2D eigenvalue weighted by Crippen LogP contribution is 2.35. The van der Waals surface area contributed by atoms with Crippen molar-refractivity contribution in [3.8, 4) is 22.8 Å². The highest BCUT2D eigenvalue weighted by atomic mass is 32.1. The maximum Gasteiger partial charge on any atom is 0.241 e. The number of unbranched alkanes of at least 4 members (excludes halogenated alkanes) is 1. The number of hydrogen-bond donors (Lipinski definition) is 2. The number of anilines is 1. The maximum absolute atomic E-state index is 8.90. The lowest BCUT2D eigenvalue weighted by atomic mass is 10.1. The van der Waals surface area contributed by atoms with Gasteiger partial charge in [0, 0.05) is 62.8 Å². The highest BCUT2D eigenvalue weighted by molar-refractivity contribution is 7.16. The number of morpholine rings is 1. The van der Waals surface area contributed by atoms with Crippen LogP contribution in [0.4, 0.5) is 5.13 Å². The van der Waals surface area contributed by atoms with Crippen molar-refractivity contribution in [3.63, 3.8) is 0 Å². The van der Waals surface area contributed by atoms with Gasteiger partial charge in [0.05, 0.1) is 25.5 Å². The molecule has 1 aliphatic rings. The number of ether oxygens (including phenoxy) is 4. The summed E-state index contributed by atoms with van der Waals surface area (Å²) in [4.78, 5) is 10.8. The lowest BCUT2D eigenvalue weighted by Gasteiger charge is -2.26. The third-order valence-corrected chi connectivity index (χ3v) is 7.98. The second kappa shape index (κ2) is 15.6. The average molecular weight is 584 g/mol. The van der Waals surface area contributed by atoms with Crippen molar-refractivity contribution in [1.82, 2.24) is 9.88 Å². The van der Waals surface area contributed by atoms with Crippen LogP contribution in [0.5, 0.6) is 11.5 Å². The van der Waals surface area contributed by atoms with Crippen LogP contribution >= 0.6 is 11.3 Å². The molecule has 3 N–H and O–H groups in total. The van der Waals surface area contributed by atoms with Crippen molar-refractivity contribution in [2.45, 2.75) is 39.0 Å². The fourth-order valence-corrected chi connectivity index (χ4v) is 5.50. The van der Waals surface area contributed by atoms with E-state index in [1.807, 2.05) is 12.1 Å². The Hall–Kier alpha value is -3.38. The number of nitrogens with zero attached hydrogens (tertiary/aromatic N) is 4. The summed E-state index contributed by atoms with van der Waals surface area (Å²) in [5.41, 5.74) is 8.34. The second-order valence-electron chi connectivity index (χ2n) is 9.91. The third kappa shape index (κ3) is 8.80. The van der Waals surface area contributed by atoms with E-state index in [1.165, 1.54) is 4.88 Å². The summed E-state index contributed by atoms with van der Waals surface area (Å²) >= 11 is 1.73. The van der Waals surface area contributed by atoms with E-state index in [1.54, 1.807) is 42.7 Å². The molecule has 11 heteroatoms. The minimum atomic E-state index is -0.451. The van der Waals surface area contributed by atoms with Crippen molar-refractivity contribution < 1.29 is 24.2 Å². The Morgan fingerprint density at radius 1 is 1.12 bits per heavy atom. The topological polar surface area (TPSA) is 115 Å². The van der Waals surface area contributed by atoms with Crippen LogP contribution in [-0.2, 0) is 16.0 Å². The zero-order valence-corrected chi connectivity index (χ0v) is 24.9. The van der Waals surface area contributed by atoms with E-state index < -0.39 is 6.29 Å². The van der Waals surface area contributed by atoms with Crippen molar-refractivity contribution in [2.75, 3.05) is 58.5 Å². The molecule has 0 amide bonds. The minimum Gasteiger partial charge on any atom is -0.455 e. The number of amidine groups is 1. The molecule has 0 spiro atoms. The van der Waals surface area contributed by atoms with Crippen molar-refractivity contribution in [3.05, 3.63) is 59.0 Å². The van der Waals surface area contributed by atoms with E-state index in [4.69, 9.17) is 34.9 Å². The molecule has 3 aromatic rings. The number of thiazole rings is 1. The maximum atomic E-state index is 8.90. The molecule has 2 heterocycles. The Bertz CT molecular complexity index is 1230. The van der Waals surface area contributed by atoms with E-state index >= 15 is 0 Å². The highest BCUT2D eigenvalue weighted by Gasteiger charge is 2.20. The summed E-state index contributed by atoms with van der Waals surface area (Å²) in [6, 6.07) is 15.2. The third-order valence-electron chi connectivity index (χ3n) is 6.83. The van der Waals surface area contributed by atoms with E-state index in [0.717, 1.165) is 80.8 Å². The number of methoxy groups -OCH3 is 1. The zero-order chi connectivity index (χ0) is 29.0. The molecule has 222 valence electrons. The molecule has 0 saturated carbocycles. The van der Waals surface area contributed by atoms with E-state index in [2.05, 4.69) is 41.1 Å². The number of nitrogens with two attached hydrogens (primary N) is 1. The van der Waals surface area contributed by atoms with Crippen LogP contribution in [0.3, 0.4) is 0 Å². The molecule has 4 rings (SSSR count). The number of benzene rings is 2. The predicted octanol–water partition coefficient (Wildman–Crippen LogP) is 4.79. The van der Waals surface area contributed by atoms with Crippen molar-refractivity contribution in [2.24, 2.45) is 10.9 Å². The van der Waals surface area contributed by atoms with Crippen LogP contribution in [0.1, 0.15) is 36.6 Å². The van der Waals surface area contributed by atoms with Gasteiger partial charge in [0.15, 0.2) is 11.0 Å². The Balaban J connectivity index is 1.49. The molecule has 1 unspecified atom stereocenters. The van der Waals surface area contributed by atoms with Gasteiger partial charge in [-0.25, -0.2) is 4.98 Å². The van der Waals surface area contributed by atoms with Gasteiger partial charge >= 0.3 is 0 Å². The molecule has 1 atom stereocenters.